The predicted octanol–water partition coefficient (Wildman–Crippen LogP) is 4.82. The van der Waals surface area contributed by atoms with E-state index >= 15 is 0 Å². The van der Waals surface area contributed by atoms with Gasteiger partial charge in [0.15, 0.2) is 11.5 Å². The molecule has 0 unspecified atom stereocenters. The van der Waals surface area contributed by atoms with Gasteiger partial charge in [0.2, 0.25) is 5.75 Å². The predicted molar refractivity (Wildman–Crippen MR) is 183 cm³/mol. The van der Waals surface area contributed by atoms with Crippen LogP contribution in [0.1, 0.15) is 46.9 Å². The molecule has 6 atom stereocenters. The molecular weight excluding hydrogens is 648 g/mol. The SMILES string of the molecule is C=CCC(=O)O.COC(=O)[C@H]1[C@H]2C[C@@H]3c4[nH]c5cc(OC)ccc5c4CCN3C[C@H]2C[C@@H](OC(=O)c2cc(OC)c(OC)c(OC)c2)[C@@H]1OC. The van der Waals surface area contributed by atoms with Gasteiger partial charge in [-0.25, -0.2) is 4.79 Å². The van der Waals surface area contributed by atoms with Gasteiger partial charge in [-0.1, -0.05) is 6.08 Å². The third-order valence-corrected chi connectivity index (χ3v) is 10.1. The van der Waals surface area contributed by atoms with E-state index in [1.54, 1.807) is 26.4 Å². The Morgan fingerprint density at radius 1 is 0.980 bits per heavy atom. The first-order valence-corrected chi connectivity index (χ1v) is 16.5. The molecule has 6 rings (SSSR count). The van der Waals surface area contributed by atoms with E-state index in [9.17, 15) is 14.4 Å². The molecule has 13 heteroatoms. The lowest BCUT2D eigenvalue weighted by molar-refractivity contribution is -0.176. The Morgan fingerprint density at radius 2 is 1.70 bits per heavy atom. The first-order chi connectivity index (χ1) is 24.1. The van der Waals surface area contributed by atoms with Crippen molar-refractivity contribution in [2.45, 2.75) is 43.9 Å². The average Bonchev–Trinajstić information content (AvgIpc) is 3.50. The highest BCUT2D eigenvalue weighted by Gasteiger charge is 2.54. The molecule has 3 heterocycles. The van der Waals surface area contributed by atoms with Gasteiger partial charge in [-0.05, 0) is 60.9 Å². The van der Waals surface area contributed by atoms with Gasteiger partial charge in [-0.3, -0.25) is 14.5 Å². The second kappa shape index (κ2) is 15.9. The Morgan fingerprint density at radius 3 is 2.26 bits per heavy atom. The Kier molecular flexibility index (Phi) is 11.6. The number of carboxylic acid groups (broad SMARTS) is 1. The highest BCUT2D eigenvalue weighted by molar-refractivity contribution is 5.91. The zero-order valence-electron chi connectivity index (χ0n) is 29.4. The minimum absolute atomic E-state index is 0.0170. The molecule has 0 amide bonds. The highest BCUT2D eigenvalue weighted by Crippen LogP contribution is 2.51. The lowest BCUT2D eigenvalue weighted by atomic mass is 9.63. The van der Waals surface area contributed by atoms with E-state index < -0.39 is 30.1 Å². The van der Waals surface area contributed by atoms with Crippen LogP contribution in [-0.4, -0.2) is 101 Å². The van der Waals surface area contributed by atoms with Crippen LogP contribution in [0.2, 0.25) is 0 Å². The molecule has 3 aromatic rings. The molecule has 1 aliphatic carbocycles. The molecule has 270 valence electrons. The van der Waals surface area contributed by atoms with Gasteiger partial charge < -0.3 is 43.2 Å². The summed E-state index contributed by atoms with van der Waals surface area (Å²) in [5.41, 5.74) is 3.83. The zero-order valence-corrected chi connectivity index (χ0v) is 29.4. The Bertz CT molecular complexity index is 1690. The van der Waals surface area contributed by atoms with Gasteiger partial charge >= 0.3 is 17.9 Å². The number of ether oxygens (including phenoxy) is 7. The number of carboxylic acids is 1. The van der Waals surface area contributed by atoms with Crippen LogP contribution in [0.25, 0.3) is 10.9 Å². The third-order valence-electron chi connectivity index (χ3n) is 10.1. The number of esters is 2. The van der Waals surface area contributed by atoms with E-state index in [0.717, 1.165) is 37.2 Å². The molecule has 1 aromatic heterocycles. The van der Waals surface area contributed by atoms with Gasteiger partial charge in [-0.15, -0.1) is 6.58 Å². The van der Waals surface area contributed by atoms with Crippen LogP contribution in [-0.2, 0) is 30.2 Å². The number of aliphatic carboxylic acids is 1. The smallest absolute Gasteiger partial charge is 0.338 e. The normalized spacial score (nSPS) is 23.9. The van der Waals surface area contributed by atoms with Crippen molar-refractivity contribution in [2.75, 3.05) is 55.7 Å². The number of aromatic amines is 1. The van der Waals surface area contributed by atoms with E-state index in [1.165, 1.54) is 51.2 Å². The largest absolute Gasteiger partial charge is 0.497 e. The minimum Gasteiger partial charge on any atom is -0.497 e. The number of rotatable bonds is 10. The first-order valence-electron chi connectivity index (χ1n) is 16.5. The van der Waals surface area contributed by atoms with Crippen LogP contribution in [0.15, 0.2) is 43.0 Å². The van der Waals surface area contributed by atoms with Crippen LogP contribution >= 0.6 is 0 Å². The van der Waals surface area contributed by atoms with Gasteiger partial charge in [0, 0.05) is 42.9 Å². The molecule has 1 saturated carbocycles. The molecule has 13 nitrogen and oxygen atoms in total. The van der Waals surface area contributed by atoms with Gasteiger partial charge in [0.25, 0.3) is 0 Å². The van der Waals surface area contributed by atoms with Crippen LogP contribution in [0, 0.1) is 17.8 Å². The Hall–Kier alpha value is -4.75. The number of methoxy groups -OCH3 is 6. The maximum absolute atomic E-state index is 13.5. The highest BCUT2D eigenvalue weighted by atomic mass is 16.6. The average molecular weight is 695 g/mol. The molecule has 1 saturated heterocycles. The topological polar surface area (TPSA) is 155 Å². The summed E-state index contributed by atoms with van der Waals surface area (Å²) < 4.78 is 39.1. The van der Waals surface area contributed by atoms with Crippen molar-refractivity contribution in [3.8, 4) is 23.0 Å². The number of H-pyrrole nitrogens is 1. The number of piperidine rings is 1. The van der Waals surface area contributed by atoms with Crippen LogP contribution in [0.4, 0.5) is 0 Å². The molecule has 0 radical (unpaired) electrons. The van der Waals surface area contributed by atoms with Gasteiger partial charge in [-0.2, -0.15) is 0 Å². The summed E-state index contributed by atoms with van der Waals surface area (Å²) in [6.07, 6.45) is 2.32. The summed E-state index contributed by atoms with van der Waals surface area (Å²) in [4.78, 5) is 42.7. The molecule has 3 aliphatic rings. The molecule has 2 fully saturated rings. The van der Waals surface area contributed by atoms with E-state index in [1.807, 2.05) is 12.1 Å². The number of nitrogens with one attached hydrogen (secondary N) is 1. The van der Waals surface area contributed by atoms with Crippen LogP contribution in [0.3, 0.4) is 0 Å². The van der Waals surface area contributed by atoms with Crippen molar-refractivity contribution >= 4 is 28.8 Å². The molecular formula is C37H46N2O11. The Labute approximate surface area is 291 Å². The van der Waals surface area contributed by atoms with E-state index in [-0.39, 0.29) is 35.8 Å². The summed E-state index contributed by atoms with van der Waals surface area (Å²) in [7, 11) is 9.10. The summed E-state index contributed by atoms with van der Waals surface area (Å²) >= 11 is 0. The number of hydrogen-bond acceptors (Lipinski definition) is 11. The first kappa shape index (κ1) is 36.5. The number of hydrogen-bond donors (Lipinski definition) is 2. The maximum atomic E-state index is 13.5. The van der Waals surface area contributed by atoms with Crippen molar-refractivity contribution in [3.05, 3.63) is 59.8 Å². The van der Waals surface area contributed by atoms with E-state index in [0.29, 0.717) is 23.7 Å². The summed E-state index contributed by atoms with van der Waals surface area (Å²) in [6, 6.07) is 9.40. The second-order valence-electron chi connectivity index (χ2n) is 12.6. The summed E-state index contributed by atoms with van der Waals surface area (Å²) in [5.74, 6) is -0.388. The number of fused-ring (bicyclic) bond motifs is 6. The van der Waals surface area contributed by atoms with Gasteiger partial charge in [0.1, 0.15) is 18.0 Å². The quantitative estimate of drug-likeness (QED) is 0.221. The minimum atomic E-state index is -0.829. The number of aromatic nitrogens is 1. The van der Waals surface area contributed by atoms with Crippen molar-refractivity contribution in [1.82, 2.24) is 9.88 Å². The summed E-state index contributed by atoms with van der Waals surface area (Å²) in [6.45, 7) is 4.90. The third kappa shape index (κ3) is 7.10. The molecule has 2 aromatic carbocycles. The fraction of sp³-hybridized carbons (Fsp3) is 0.486. The van der Waals surface area contributed by atoms with Crippen molar-refractivity contribution in [1.29, 1.82) is 0 Å². The fourth-order valence-electron chi connectivity index (χ4n) is 7.89. The summed E-state index contributed by atoms with van der Waals surface area (Å²) in [5, 5.41) is 9.05. The molecule has 2 aliphatic heterocycles. The van der Waals surface area contributed by atoms with Crippen molar-refractivity contribution < 1.29 is 52.6 Å². The number of benzene rings is 2. The lowest BCUT2D eigenvalue weighted by Crippen LogP contribution is -2.58. The maximum Gasteiger partial charge on any atom is 0.338 e. The monoisotopic (exact) mass is 694 g/mol. The van der Waals surface area contributed by atoms with Crippen molar-refractivity contribution in [2.24, 2.45) is 17.8 Å². The molecule has 2 N–H and O–H groups in total. The fourth-order valence-corrected chi connectivity index (χ4v) is 7.89. The number of nitrogens with zero attached hydrogens (tertiary/aromatic N) is 1. The zero-order chi connectivity index (χ0) is 36.1. The van der Waals surface area contributed by atoms with Gasteiger partial charge in [0.05, 0.1) is 59.5 Å². The Balaban J connectivity index is 0.000000745. The lowest BCUT2D eigenvalue weighted by Gasteiger charge is -2.52. The molecule has 0 bridgehead atoms. The molecule has 50 heavy (non-hydrogen) atoms. The van der Waals surface area contributed by atoms with E-state index in [4.69, 9.17) is 38.3 Å². The van der Waals surface area contributed by atoms with Crippen LogP contribution in [0.5, 0.6) is 23.0 Å². The standard InChI is InChI=1S/C33H40N2O9.C4H6O2/c1-38-19-7-8-20-21-9-10-35-16-18-13-27(44-32(36)17-11-25(39-2)30(41-4)26(12-17)40-3)31(42-5)28(33(37)43-6)22(18)15-24(35)29(21)34-23(20)14-19;1-2-3-4(5)6/h7-8,11-12,14,18,22,24,27-28,31,34H,9-10,13,15-16H2,1-6H3;2H,1,3H2,(H,5,6)/t18-,22+,24-,27-,28+,31+;/m1./s1. The number of carbonyl (C=O) groups is 3. The van der Waals surface area contributed by atoms with E-state index in [2.05, 4.69) is 22.5 Å². The van der Waals surface area contributed by atoms with Crippen molar-refractivity contribution in [3.63, 3.8) is 0 Å². The number of carbonyl (C=O) groups excluding carboxylic acids is 2. The second-order valence-corrected chi connectivity index (χ2v) is 12.6. The molecule has 0 spiro atoms. The van der Waals surface area contributed by atoms with Crippen LogP contribution < -0.4 is 18.9 Å².